The highest BCUT2D eigenvalue weighted by Gasteiger charge is 2.10. The lowest BCUT2D eigenvalue weighted by atomic mass is 10.3. The summed E-state index contributed by atoms with van der Waals surface area (Å²) in [6.45, 7) is 0.160. The molecule has 2 N–H and O–H groups in total. The maximum atomic E-state index is 10.5. The summed E-state index contributed by atoms with van der Waals surface area (Å²) < 4.78 is 0. The minimum atomic E-state index is -0.520. The van der Waals surface area contributed by atoms with Crippen LogP contribution in [0.25, 0.3) is 0 Å². The van der Waals surface area contributed by atoms with E-state index in [1.54, 1.807) is 0 Å². The molecule has 0 spiro atoms. The number of pyridine rings is 1. The summed E-state index contributed by atoms with van der Waals surface area (Å²) in [6.07, 6.45) is 1.45. The lowest BCUT2D eigenvalue weighted by molar-refractivity contribution is -0.385. The molecule has 0 aliphatic carbocycles. The van der Waals surface area contributed by atoms with Gasteiger partial charge in [0.25, 0.3) is 0 Å². The zero-order chi connectivity index (χ0) is 9.68. The van der Waals surface area contributed by atoms with Crippen LogP contribution in [-0.4, -0.2) is 16.5 Å². The van der Waals surface area contributed by atoms with E-state index in [1.165, 1.54) is 18.3 Å². The van der Waals surface area contributed by atoms with Crippen molar-refractivity contribution in [3.8, 4) is 11.8 Å². The molecule has 0 bridgehead atoms. The first kappa shape index (κ1) is 9.16. The Kier molecular flexibility index (Phi) is 2.95. The largest absolute Gasteiger partial charge is 0.320 e. The molecule has 0 aliphatic rings. The first-order valence-electron chi connectivity index (χ1n) is 3.54. The van der Waals surface area contributed by atoms with E-state index in [-0.39, 0.29) is 17.9 Å². The Balaban J connectivity index is 3.12. The molecule has 1 aromatic rings. The number of nitro groups is 1. The molecule has 0 unspecified atom stereocenters. The highest BCUT2D eigenvalue weighted by atomic mass is 16.6. The summed E-state index contributed by atoms with van der Waals surface area (Å²) in [4.78, 5) is 13.7. The van der Waals surface area contributed by atoms with Gasteiger partial charge in [0.2, 0.25) is 0 Å². The van der Waals surface area contributed by atoms with Crippen LogP contribution in [0.4, 0.5) is 5.69 Å². The van der Waals surface area contributed by atoms with E-state index in [0.29, 0.717) is 0 Å². The first-order chi connectivity index (χ1) is 6.25. The summed E-state index contributed by atoms with van der Waals surface area (Å²) in [7, 11) is 0. The van der Waals surface area contributed by atoms with Crippen molar-refractivity contribution in [1.29, 1.82) is 0 Å². The fourth-order valence-electron chi connectivity index (χ4n) is 0.775. The second-order valence-electron chi connectivity index (χ2n) is 2.13. The molecule has 66 valence electrons. The van der Waals surface area contributed by atoms with Crippen molar-refractivity contribution < 1.29 is 4.92 Å². The highest BCUT2D eigenvalue weighted by Crippen LogP contribution is 2.12. The van der Waals surface area contributed by atoms with Crippen molar-refractivity contribution in [2.75, 3.05) is 6.54 Å². The van der Waals surface area contributed by atoms with E-state index >= 15 is 0 Å². The summed E-state index contributed by atoms with van der Waals surface area (Å²) in [6, 6.07) is 2.85. The molecular formula is C8H7N3O2. The molecule has 0 aromatic carbocycles. The predicted octanol–water partition coefficient (Wildman–Crippen LogP) is 0.300. The van der Waals surface area contributed by atoms with Gasteiger partial charge >= 0.3 is 5.69 Å². The van der Waals surface area contributed by atoms with Crippen LogP contribution in [0.3, 0.4) is 0 Å². The molecular weight excluding hydrogens is 170 g/mol. The fourth-order valence-corrected chi connectivity index (χ4v) is 0.775. The average Bonchev–Trinajstić information content (AvgIpc) is 2.15. The lowest BCUT2D eigenvalue weighted by Gasteiger charge is -1.91. The summed E-state index contributed by atoms with van der Waals surface area (Å²) in [5.41, 5.74) is 5.19. The van der Waals surface area contributed by atoms with E-state index in [9.17, 15) is 10.1 Å². The number of rotatable bonds is 1. The van der Waals surface area contributed by atoms with Gasteiger partial charge in [-0.3, -0.25) is 10.1 Å². The molecule has 0 atom stereocenters. The maximum absolute atomic E-state index is 10.5. The smallest absolute Gasteiger partial charge is 0.303 e. The number of nitrogens with two attached hydrogens (primary N) is 1. The molecule has 1 aromatic heterocycles. The standard InChI is InChI=1S/C8H7N3O2/c9-5-1-3-7-8(11(12)13)4-2-6-10-7/h2,4,6H,5,9H2. The topological polar surface area (TPSA) is 82.0 Å². The highest BCUT2D eigenvalue weighted by molar-refractivity contribution is 5.45. The van der Waals surface area contributed by atoms with E-state index in [0.717, 1.165) is 0 Å². The first-order valence-corrected chi connectivity index (χ1v) is 3.54. The average molecular weight is 177 g/mol. The van der Waals surface area contributed by atoms with E-state index in [2.05, 4.69) is 16.8 Å². The van der Waals surface area contributed by atoms with Crippen LogP contribution in [0.5, 0.6) is 0 Å². The van der Waals surface area contributed by atoms with Crippen molar-refractivity contribution >= 4 is 5.69 Å². The van der Waals surface area contributed by atoms with Gasteiger partial charge in [0.1, 0.15) is 0 Å². The second-order valence-corrected chi connectivity index (χ2v) is 2.13. The van der Waals surface area contributed by atoms with Crippen LogP contribution in [0.2, 0.25) is 0 Å². The molecule has 0 aliphatic heterocycles. The van der Waals surface area contributed by atoms with Gasteiger partial charge < -0.3 is 5.73 Å². The molecule has 1 rings (SSSR count). The van der Waals surface area contributed by atoms with Crippen molar-refractivity contribution in [2.45, 2.75) is 0 Å². The molecule has 0 amide bonds. The maximum Gasteiger partial charge on any atom is 0.303 e. The molecule has 5 heteroatoms. The fraction of sp³-hybridized carbons (Fsp3) is 0.125. The lowest BCUT2D eigenvalue weighted by Crippen LogP contribution is -1.96. The van der Waals surface area contributed by atoms with Gasteiger partial charge in [0, 0.05) is 12.3 Å². The van der Waals surface area contributed by atoms with Crippen LogP contribution < -0.4 is 5.73 Å². The molecule has 0 saturated carbocycles. The molecule has 0 radical (unpaired) electrons. The molecule has 0 saturated heterocycles. The predicted molar refractivity (Wildman–Crippen MR) is 46.8 cm³/mol. The van der Waals surface area contributed by atoms with Gasteiger partial charge in [-0.05, 0) is 12.0 Å². The molecule has 5 nitrogen and oxygen atoms in total. The zero-order valence-electron chi connectivity index (χ0n) is 6.73. The Labute approximate surface area is 74.7 Å². The summed E-state index contributed by atoms with van der Waals surface area (Å²) in [5, 5.41) is 10.5. The minimum absolute atomic E-state index is 0.0940. The normalized spacial score (nSPS) is 8.69. The SMILES string of the molecule is NCC#Cc1ncccc1[N+](=O)[O-]. The zero-order valence-corrected chi connectivity index (χ0v) is 6.73. The van der Waals surface area contributed by atoms with Gasteiger partial charge in [-0.25, -0.2) is 4.98 Å². The van der Waals surface area contributed by atoms with Crippen molar-refractivity contribution in [1.82, 2.24) is 4.98 Å². The van der Waals surface area contributed by atoms with Gasteiger partial charge in [0.15, 0.2) is 5.69 Å². The molecule has 1 heterocycles. The number of hydrogen-bond donors (Lipinski definition) is 1. The Morgan fingerprint density at radius 2 is 2.46 bits per heavy atom. The van der Waals surface area contributed by atoms with Crippen LogP contribution in [0.15, 0.2) is 18.3 Å². The third-order valence-electron chi connectivity index (χ3n) is 1.29. The number of hydrogen-bond acceptors (Lipinski definition) is 4. The van der Waals surface area contributed by atoms with Crippen molar-refractivity contribution in [3.05, 3.63) is 34.1 Å². The van der Waals surface area contributed by atoms with E-state index in [4.69, 9.17) is 5.73 Å². The van der Waals surface area contributed by atoms with E-state index in [1.807, 2.05) is 0 Å². The number of aromatic nitrogens is 1. The third-order valence-corrected chi connectivity index (χ3v) is 1.29. The summed E-state index contributed by atoms with van der Waals surface area (Å²) in [5.74, 6) is 5.04. The molecule has 13 heavy (non-hydrogen) atoms. The Morgan fingerprint density at radius 3 is 3.08 bits per heavy atom. The Bertz CT molecular complexity index is 378. The summed E-state index contributed by atoms with van der Waals surface area (Å²) >= 11 is 0. The monoisotopic (exact) mass is 177 g/mol. The van der Waals surface area contributed by atoms with Gasteiger partial charge in [-0.2, -0.15) is 0 Å². The van der Waals surface area contributed by atoms with Crippen LogP contribution in [-0.2, 0) is 0 Å². The van der Waals surface area contributed by atoms with Gasteiger partial charge in [-0.15, -0.1) is 0 Å². The quantitative estimate of drug-likeness (QED) is 0.380. The third kappa shape index (κ3) is 2.25. The van der Waals surface area contributed by atoms with Crippen molar-refractivity contribution in [2.24, 2.45) is 5.73 Å². The van der Waals surface area contributed by atoms with Crippen LogP contribution >= 0.6 is 0 Å². The van der Waals surface area contributed by atoms with Gasteiger partial charge in [0.05, 0.1) is 11.5 Å². The Morgan fingerprint density at radius 1 is 1.69 bits per heavy atom. The Hall–Kier alpha value is -1.93. The minimum Gasteiger partial charge on any atom is -0.320 e. The van der Waals surface area contributed by atoms with Crippen molar-refractivity contribution in [3.63, 3.8) is 0 Å². The van der Waals surface area contributed by atoms with Crippen LogP contribution in [0, 0.1) is 22.0 Å². The second kappa shape index (κ2) is 4.18. The van der Waals surface area contributed by atoms with E-state index < -0.39 is 4.92 Å². The van der Waals surface area contributed by atoms with Gasteiger partial charge in [-0.1, -0.05) is 5.92 Å². The number of nitrogens with zero attached hydrogens (tertiary/aromatic N) is 2. The molecule has 0 fully saturated rings. The van der Waals surface area contributed by atoms with Crippen LogP contribution in [0.1, 0.15) is 5.69 Å².